The van der Waals surface area contributed by atoms with Gasteiger partial charge in [-0.3, -0.25) is 28.8 Å². The highest BCUT2D eigenvalue weighted by molar-refractivity contribution is 5.87. The second kappa shape index (κ2) is 13.6. The van der Waals surface area contributed by atoms with Gasteiger partial charge in [0.05, 0.1) is 25.7 Å². The molecular formula is C22H34O10. The van der Waals surface area contributed by atoms with Crippen LogP contribution in [0.15, 0.2) is 0 Å². The van der Waals surface area contributed by atoms with E-state index in [2.05, 4.69) is 0 Å². The molecule has 0 heterocycles. The van der Waals surface area contributed by atoms with Gasteiger partial charge in [-0.1, -0.05) is 27.7 Å². The van der Waals surface area contributed by atoms with Gasteiger partial charge < -0.3 is 19.7 Å². The molecule has 0 saturated carbocycles. The van der Waals surface area contributed by atoms with E-state index in [0.717, 1.165) is 0 Å². The Morgan fingerprint density at radius 3 is 1.16 bits per heavy atom. The Morgan fingerprint density at radius 1 is 0.594 bits per heavy atom. The number of hydrogen-bond donors (Lipinski definition) is 2. The van der Waals surface area contributed by atoms with Crippen LogP contribution >= 0.6 is 0 Å². The van der Waals surface area contributed by atoms with E-state index in [0.29, 0.717) is 12.8 Å². The largest absolute Gasteiger partial charge is 0.481 e. The lowest BCUT2D eigenvalue weighted by atomic mass is 9.81. The fraction of sp³-hybridized carbons (Fsp3) is 0.727. The van der Waals surface area contributed by atoms with Crippen molar-refractivity contribution in [2.24, 2.45) is 10.8 Å². The lowest BCUT2D eigenvalue weighted by molar-refractivity contribution is -0.164. The average molecular weight is 459 g/mol. The summed E-state index contributed by atoms with van der Waals surface area (Å²) < 4.78 is 9.42. The van der Waals surface area contributed by atoms with Crippen LogP contribution in [0, 0.1) is 10.8 Å². The number of unbranched alkanes of at least 4 members (excludes halogenated alkanes) is 1. The lowest BCUT2D eigenvalue weighted by Gasteiger charge is -2.24. The number of carboxylic acid groups (broad SMARTS) is 2. The molecule has 0 bridgehead atoms. The molecule has 0 spiro atoms. The zero-order valence-electron chi connectivity index (χ0n) is 19.2. The minimum Gasteiger partial charge on any atom is -0.481 e. The van der Waals surface area contributed by atoms with Crippen LogP contribution in [0.1, 0.15) is 91.9 Å². The SMILES string of the molecule is CCC(C)(CC(=O)O)CC(=O)OC(=O)CCCCC(=O)OC(=O)CC(C)(CC)CC(=O)O. The average Bonchev–Trinajstić information content (AvgIpc) is 2.63. The summed E-state index contributed by atoms with van der Waals surface area (Å²) >= 11 is 0. The molecule has 0 aliphatic rings. The maximum atomic E-state index is 11.9. The Bertz CT molecular complexity index is 654. The molecule has 2 unspecified atom stereocenters. The Hall–Kier alpha value is -2.78. The van der Waals surface area contributed by atoms with Crippen molar-refractivity contribution in [2.75, 3.05) is 0 Å². The van der Waals surface area contributed by atoms with Crippen LogP contribution in [0.2, 0.25) is 0 Å². The molecule has 0 rings (SSSR count). The summed E-state index contributed by atoms with van der Waals surface area (Å²) in [5.41, 5.74) is -1.62. The predicted octanol–water partition coefficient (Wildman–Crippen LogP) is 3.25. The summed E-state index contributed by atoms with van der Waals surface area (Å²) in [6, 6.07) is 0. The minimum atomic E-state index is -1.04. The molecule has 0 fully saturated rings. The van der Waals surface area contributed by atoms with Gasteiger partial charge in [-0.2, -0.15) is 0 Å². The van der Waals surface area contributed by atoms with Crippen LogP contribution in [0.3, 0.4) is 0 Å². The molecule has 0 aromatic heterocycles. The van der Waals surface area contributed by atoms with E-state index in [1.165, 1.54) is 0 Å². The maximum absolute atomic E-state index is 11.9. The van der Waals surface area contributed by atoms with Crippen LogP contribution in [0.25, 0.3) is 0 Å². The Balaban J connectivity index is 4.28. The topological polar surface area (TPSA) is 161 Å². The number of carboxylic acids is 2. The van der Waals surface area contributed by atoms with Crippen LogP contribution < -0.4 is 0 Å². The van der Waals surface area contributed by atoms with Gasteiger partial charge in [0.25, 0.3) is 0 Å². The molecule has 0 amide bonds. The normalized spacial score (nSPS) is 14.5. The number of carbonyl (C=O) groups excluding carboxylic acids is 4. The van der Waals surface area contributed by atoms with Crippen molar-refractivity contribution in [2.45, 2.75) is 91.9 Å². The van der Waals surface area contributed by atoms with E-state index in [1.807, 2.05) is 0 Å². The molecular weight excluding hydrogens is 424 g/mol. The highest BCUT2D eigenvalue weighted by Gasteiger charge is 2.31. The lowest BCUT2D eigenvalue weighted by Crippen LogP contribution is -2.26. The summed E-state index contributed by atoms with van der Waals surface area (Å²) in [5.74, 6) is -5.24. The zero-order chi connectivity index (χ0) is 24.9. The summed E-state index contributed by atoms with van der Waals surface area (Å²) in [6.07, 6.45) is 0.213. The maximum Gasteiger partial charge on any atom is 0.314 e. The first-order valence-corrected chi connectivity index (χ1v) is 10.6. The minimum absolute atomic E-state index is 0.124. The van der Waals surface area contributed by atoms with Crippen LogP contribution in [0.5, 0.6) is 0 Å². The number of rotatable bonds is 15. The Labute approximate surface area is 187 Å². The molecule has 182 valence electrons. The van der Waals surface area contributed by atoms with Gasteiger partial charge in [-0.25, -0.2) is 0 Å². The number of aliphatic carboxylic acids is 2. The fourth-order valence-electron chi connectivity index (χ4n) is 3.02. The summed E-state index contributed by atoms with van der Waals surface area (Å²) in [5, 5.41) is 17.8. The second-order valence-electron chi connectivity index (χ2n) is 8.72. The van der Waals surface area contributed by atoms with E-state index in [1.54, 1.807) is 27.7 Å². The van der Waals surface area contributed by atoms with Crippen molar-refractivity contribution in [3.8, 4) is 0 Å². The van der Waals surface area contributed by atoms with Gasteiger partial charge in [0.1, 0.15) is 0 Å². The van der Waals surface area contributed by atoms with Gasteiger partial charge >= 0.3 is 35.8 Å². The van der Waals surface area contributed by atoms with Gasteiger partial charge in [0.2, 0.25) is 0 Å². The van der Waals surface area contributed by atoms with Crippen LogP contribution in [-0.2, 0) is 38.2 Å². The van der Waals surface area contributed by atoms with Gasteiger partial charge in [-0.05, 0) is 36.5 Å². The van der Waals surface area contributed by atoms with Gasteiger partial charge in [0.15, 0.2) is 0 Å². The van der Waals surface area contributed by atoms with E-state index in [9.17, 15) is 28.8 Å². The zero-order valence-corrected chi connectivity index (χ0v) is 19.2. The van der Waals surface area contributed by atoms with Gasteiger partial charge in [0, 0.05) is 12.8 Å². The summed E-state index contributed by atoms with van der Waals surface area (Å²) in [6.45, 7) is 6.75. The van der Waals surface area contributed by atoms with Crippen molar-refractivity contribution >= 4 is 35.8 Å². The number of ether oxygens (including phenoxy) is 2. The van der Waals surface area contributed by atoms with Gasteiger partial charge in [-0.15, -0.1) is 0 Å². The molecule has 32 heavy (non-hydrogen) atoms. The molecule has 0 aromatic rings. The molecule has 2 N–H and O–H groups in total. The van der Waals surface area contributed by atoms with E-state index >= 15 is 0 Å². The molecule has 2 atom stereocenters. The molecule has 0 radical (unpaired) electrons. The van der Waals surface area contributed by atoms with Crippen LogP contribution in [0.4, 0.5) is 0 Å². The smallest absolute Gasteiger partial charge is 0.314 e. The highest BCUT2D eigenvalue weighted by atomic mass is 16.6. The van der Waals surface area contributed by atoms with Crippen molar-refractivity contribution in [3.63, 3.8) is 0 Å². The monoisotopic (exact) mass is 458 g/mol. The van der Waals surface area contributed by atoms with E-state index in [-0.39, 0.29) is 51.4 Å². The van der Waals surface area contributed by atoms with Crippen molar-refractivity contribution in [1.82, 2.24) is 0 Å². The molecule has 0 aliphatic carbocycles. The number of hydrogen-bond acceptors (Lipinski definition) is 8. The third-order valence-corrected chi connectivity index (χ3v) is 5.47. The first-order chi connectivity index (χ1) is 14.7. The summed E-state index contributed by atoms with van der Waals surface area (Å²) in [4.78, 5) is 69.1. The van der Waals surface area contributed by atoms with E-state index < -0.39 is 46.6 Å². The molecule has 0 aromatic carbocycles. The molecule has 0 aliphatic heterocycles. The fourth-order valence-corrected chi connectivity index (χ4v) is 3.02. The number of carbonyl (C=O) groups is 6. The second-order valence-corrected chi connectivity index (χ2v) is 8.72. The number of esters is 4. The van der Waals surface area contributed by atoms with E-state index in [4.69, 9.17) is 19.7 Å². The Morgan fingerprint density at radius 2 is 0.906 bits per heavy atom. The molecule has 10 heteroatoms. The Kier molecular flexibility index (Phi) is 12.4. The van der Waals surface area contributed by atoms with Crippen molar-refractivity contribution in [3.05, 3.63) is 0 Å². The quantitative estimate of drug-likeness (QED) is 0.212. The predicted molar refractivity (Wildman–Crippen MR) is 111 cm³/mol. The standard InChI is InChI=1S/C22H34O10/c1-5-21(3,11-15(23)24)13-19(29)31-17(27)9-7-8-10-18(28)32-20(30)14-22(4,6-2)12-16(25)26/h5-14H2,1-4H3,(H,23,24)(H,25,26). The first-order valence-electron chi connectivity index (χ1n) is 10.6. The van der Waals surface area contributed by atoms with Crippen molar-refractivity contribution < 1.29 is 48.5 Å². The molecule has 10 nitrogen and oxygen atoms in total. The van der Waals surface area contributed by atoms with Crippen LogP contribution in [-0.4, -0.2) is 46.0 Å². The van der Waals surface area contributed by atoms with Crippen molar-refractivity contribution in [1.29, 1.82) is 0 Å². The molecule has 0 saturated heterocycles. The first kappa shape index (κ1) is 29.2. The summed E-state index contributed by atoms with van der Waals surface area (Å²) in [7, 11) is 0. The third kappa shape index (κ3) is 12.8. The third-order valence-electron chi connectivity index (χ3n) is 5.47. The highest BCUT2D eigenvalue weighted by Crippen LogP contribution is 2.31.